The van der Waals surface area contributed by atoms with E-state index >= 15 is 0 Å². The van der Waals surface area contributed by atoms with Gasteiger partial charge >= 0.3 is 0 Å². The van der Waals surface area contributed by atoms with Crippen molar-refractivity contribution in [1.29, 1.82) is 0 Å². The predicted molar refractivity (Wildman–Crippen MR) is 114 cm³/mol. The van der Waals surface area contributed by atoms with Crippen molar-refractivity contribution < 1.29 is 24.2 Å². The number of carbonyl (C=O) groups is 2. The number of hydrogen-bond acceptors (Lipinski definition) is 5. The fraction of sp³-hybridized carbons (Fsp3) is 0.417. The lowest BCUT2D eigenvalue weighted by atomic mass is 9.96. The Bertz CT molecular complexity index is 866. The van der Waals surface area contributed by atoms with Crippen LogP contribution in [0.1, 0.15) is 52.0 Å². The highest BCUT2D eigenvalue weighted by molar-refractivity contribution is 5.96. The van der Waals surface area contributed by atoms with Gasteiger partial charge in [0, 0.05) is 31.7 Å². The minimum atomic E-state index is -0.0929. The molecular weight excluding hydrogens is 382 g/mol. The molecule has 1 N–H and O–H groups in total. The van der Waals surface area contributed by atoms with E-state index in [1.54, 1.807) is 19.2 Å². The summed E-state index contributed by atoms with van der Waals surface area (Å²) >= 11 is 0. The number of carbonyl (C=O) groups excluding carboxylic acids is 2. The van der Waals surface area contributed by atoms with Crippen LogP contribution in [0.25, 0.3) is 0 Å². The summed E-state index contributed by atoms with van der Waals surface area (Å²) in [6.45, 7) is 1.67. The van der Waals surface area contributed by atoms with Gasteiger partial charge in [0.2, 0.25) is 0 Å². The number of benzene rings is 2. The van der Waals surface area contributed by atoms with E-state index < -0.39 is 0 Å². The molecule has 1 aliphatic rings. The molecule has 1 aliphatic heterocycles. The number of likely N-dealkylation sites (tertiary alicyclic amines) is 1. The summed E-state index contributed by atoms with van der Waals surface area (Å²) in [7, 11) is 1.66. The van der Waals surface area contributed by atoms with Gasteiger partial charge in [-0.2, -0.15) is 0 Å². The Hall–Kier alpha value is -2.86. The summed E-state index contributed by atoms with van der Waals surface area (Å²) < 4.78 is 11.0. The van der Waals surface area contributed by atoms with Crippen LogP contribution in [0.2, 0.25) is 0 Å². The molecule has 0 radical (unpaired) electrons. The molecule has 3 rings (SSSR count). The van der Waals surface area contributed by atoms with E-state index in [4.69, 9.17) is 9.47 Å². The van der Waals surface area contributed by atoms with Crippen LogP contribution in [0.4, 0.5) is 0 Å². The molecule has 0 saturated carbocycles. The van der Waals surface area contributed by atoms with Crippen LogP contribution in [-0.4, -0.2) is 55.1 Å². The quantitative estimate of drug-likeness (QED) is 0.634. The normalized spacial score (nSPS) is 16.3. The zero-order valence-corrected chi connectivity index (χ0v) is 17.4. The first-order chi connectivity index (χ1) is 14.7. The standard InChI is InChI=1S/C24H29NO5/c1-29-15-12-18-7-2-3-9-20(18)24(28)25-14-5-4-8-19(25)13-16-30-23-11-6-10-22(27)21(23)17-26/h2-3,6-7,9-11,17,19,27H,4-5,8,12-16H2,1H3/t19-/m0/s1. The number of phenolic OH excluding ortho intramolecular Hbond substituents is 1. The van der Waals surface area contributed by atoms with Crippen LogP contribution < -0.4 is 4.74 Å². The Labute approximate surface area is 177 Å². The summed E-state index contributed by atoms with van der Waals surface area (Å²) in [6, 6.07) is 12.6. The van der Waals surface area contributed by atoms with Gasteiger partial charge in [0.25, 0.3) is 5.91 Å². The van der Waals surface area contributed by atoms with Crippen molar-refractivity contribution >= 4 is 12.2 Å². The molecule has 0 aromatic heterocycles. The molecule has 30 heavy (non-hydrogen) atoms. The van der Waals surface area contributed by atoms with Gasteiger partial charge in [-0.15, -0.1) is 0 Å². The largest absolute Gasteiger partial charge is 0.507 e. The molecule has 1 fully saturated rings. The molecule has 0 unspecified atom stereocenters. The van der Waals surface area contributed by atoms with E-state index in [1.807, 2.05) is 29.2 Å². The third kappa shape index (κ3) is 5.19. The van der Waals surface area contributed by atoms with Crippen LogP contribution in [0.5, 0.6) is 11.5 Å². The predicted octanol–water partition coefficient (Wildman–Crippen LogP) is 3.86. The zero-order valence-electron chi connectivity index (χ0n) is 17.4. The van der Waals surface area contributed by atoms with Crippen LogP contribution >= 0.6 is 0 Å². The third-order valence-electron chi connectivity index (χ3n) is 5.58. The number of hydrogen-bond donors (Lipinski definition) is 1. The maximum Gasteiger partial charge on any atom is 0.254 e. The van der Waals surface area contributed by atoms with Crippen molar-refractivity contribution in [2.24, 2.45) is 0 Å². The Morgan fingerprint density at radius 2 is 2.00 bits per heavy atom. The second-order valence-electron chi connectivity index (χ2n) is 7.49. The van der Waals surface area contributed by atoms with Crippen LogP contribution in [0.3, 0.4) is 0 Å². The molecule has 0 bridgehead atoms. The Kier molecular flexibility index (Phi) is 7.85. The van der Waals surface area contributed by atoms with Gasteiger partial charge in [0.15, 0.2) is 6.29 Å². The number of phenols is 1. The van der Waals surface area contributed by atoms with Gasteiger partial charge in [0.05, 0.1) is 18.8 Å². The lowest BCUT2D eigenvalue weighted by Crippen LogP contribution is -2.44. The zero-order chi connectivity index (χ0) is 21.3. The van der Waals surface area contributed by atoms with Crippen molar-refractivity contribution in [3.8, 4) is 11.5 Å². The van der Waals surface area contributed by atoms with Crippen molar-refractivity contribution in [2.45, 2.75) is 38.1 Å². The van der Waals surface area contributed by atoms with Gasteiger partial charge in [-0.1, -0.05) is 24.3 Å². The highest BCUT2D eigenvalue weighted by atomic mass is 16.5. The number of rotatable bonds is 9. The molecule has 2 aromatic carbocycles. The smallest absolute Gasteiger partial charge is 0.254 e. The fourth-order valence-electron chi connectivity index (χ4n) is 3.96. The van der Waals surface area contributed by atoms with E-state index in [1.165, 1.54) is 6.07 Å². The SMILES string of the molecule is COCCc1ccccc1C(=O)N1CCCC[C@H]1CCOc1cccc(O)c1C=O. The van der Waals surface area contributed by atoms with Crippen LogP contribution in [0.15, 0.2) is 42.5 Å². The maximum atomic E-state index is 13.3. The van der Waals surface area contributed by atoms with Gasteiger partial charge in [-0.3, -0.25) is 9.59 Å². The molecule has 1 saturated heterocycles. The lowest BCUT2D eigenvalue weighted by Gasteiger charge is -2.36. The first-order valence-electron chi connectivity index (χ1n) is 10.4. The van der Waals surface area contributed by atoms with Crippen molar-refractivity contribution in [3.05, 3.63) is 59.2 Å². The van der Waals surface area contributed by atoms with E-state index in [0.29, 0.717) is 38.1 Å². The third-order valence-corrected chi connectivity index (χ3v) is 5.58. The number of aldehydes is 1. The van der Waals surface area contributed by atoms with Crippen molar-refractivity contribution in [3.63, 3.8) is 0 Å². The maximum absolute atomic E-state index is 13.3. The van der Waals surface area contributed by atoms with Crippen LogP contribution in [-0.2, 0) is 11.2 Å². The van der Waals surface area contributed by atoms with Crippen molar-refractivity contribution in [2.75, 3.05) is 26.9 Å². The molecule has 0 aliphatic carbocycles. The first-order valence-corrected chi connectivity index (χ1v) is 10.4. The average Bonchev–Trinajstić information content (AvgIpc) is 2.78. The second kappa shape index (κ2) is 10.8. The van der Waals surface area contributed by atoms with Gasteiger partial charge in [-0.05, 0) is 49.4 Å². The molecule has 0 spiro atoms. The fourth-order valence-corrected chi connectivity index (χ4v) is 3.96. The summed E-state index contributed by atoms with van der Waals surface area (Å²) in [6.07, 6.45) is 4.95. The van der Waals surface area contributed by atoms with Gasteiger partial charge in [-0.25, -0.2) is 0 Å². The Morgan fingerprint density at radius 3 is 2.80 bits per heavy atom. The van der Waals surface area contributed by atoms with Crippen LogP contribution in [0, 0.1) is 0 Å². The number of piperidine rings is 1. The van der Waals surface area contributed by atoms with E-state index in [2.05, 4.69) is 0 Å². The number of aromatic hydroxyl groups is 1. The molecule has 1 atom stereocenters. The molecular formula is C24H29NO5. The lowest BCUT2D eigenvalue weighted by molar-refractivity contribution is 0.0579. The minimum absolute atomic E-state index is 0.0531. The second-order valence-corrected chi connectivity index (χ2v) is 7.49. The highest BCUT2D eigenvalue weighted by Crippen LogP contribution is 2.27. The minimum Gasteiger partial charge on any atom is -0.507 e. The summed E-state index contributed by atoms with van der Waals surface area (Å²) in [5.41, 5.74) is 1.89. The first kappa shape index (κ1) is 21.8. The molecule has 1 heterocycles. The monoisotopic (exact) mass is 411 g/mol. The average molecular weight is 411 g/mol. The molecule has 2 aromatic rings. The van der Waals surface area contributed by atoms with Crippen molar-refractivity contribution in [1.82, 2.24) is 4.90 Å². The molecule has 6 heteroatoms. The Morgan fingerprint density at radius 1 is 1.17 bits per heavy atom. The van der Waals surface area contributed by atoms with Gasteiger partial charge in [0.1, 0.15) is 11.5 Å². The summed E-state index contributed by atoms with van der Waals surface area (Å²) in [5.74, 6) is 0.325. The topological polar surface area (TPSA) is 76.1 Å². The number of nitrogens with zero attached hydrogens (tertiary/aromatic N) is 1. The molecule has 1 amide bonds. The summed E-state index contributed by atoms with van der Waals surface area (Å²) in [4.78, 5) is 26.5. The number of amides is 1. The van der Waals surface area contributed by atoms with E-state index in [9.17, 15) is 14.7 Å². The van der Waals surface area contributed by atoms with E-state index in [-0.39, 0.29) is 23.3 Å². The highest BCUT2D eigenvalue weighted by Gasteiger charge is 2.28. The number of ether oxygens (including phenoxy) is 2. The number of methoxy groups -OCH3 is 1. The van der Waals surface area contributed by atoms with Gasteiger partial charge < -0.3 is 19.5 Å². The molecule has 6 nitrogen and oxygen atoms in total. The van der Waals surface area contributed by atoms with E-state index in [0.717, 1.165) is 36.9 Å². The Balaban J connectivity index is 1.68. The summed E-state index contributed by atoms with van der Waals surface area (Å²) in [5, 5.41) is 9.79. The molecule has 160 valence electrons.